The van der Waals surface area contributed by atoms with Gasteiger partial charge in [-0.25, -0.2) is 4.39 Å². The Morgan fingerprint density at radius 3 is 2.33 bits per heavy atom. The smallest absolute Gasteiger partial charge is 0.406 e. The summed E-state index contributed by atoms with van der Waals surface area (Å²) in [6, 6.07) is 8.26. The molecule has 0 aromatic heterocycles. The van der Waals surface area contributed by atoms with Crippen molar-refractivity contribution < 1.29 is 31.9 Å². The van der Waals surface area contributed by atoms with Gasteiger partial charge in [-0.1, -0.05) is 0 Å². The molecule has 1 N–H and O–H groups in total. The molecule has 2 aromatic rings. The van der Waals surface area contributed by atoms with Gasteiger partial charge < -0.3 is 15.0 Å². The maximum Gasteiger partial charge on any atom is 0.573 e. The highest BCUT2D eigenvalue weighted by atomic mass is 127. The van der Waals surface area contributed by atoms with Crippen LogP contribution in [0.2, 0.25) is 0 Å². The number of benzene rings is 2. The van der Waals surface area contributed by atoms with Crippen LogP contribution < -0.4 is 10.1 Å². The first kappa shape index (κ1) is 20.9. The average Bonchev–Trinajstić information content (AvgIpc) is 2.54. The summed E-state index contributed by atoms with van der Waals surface area (Å²) in [6.07, 6.45) is -4.80. The topological polar surface area (TPSA) is 58.6 Å². The summed E-state index contributed by atoms with van der Waals surface area (Å²) < 4.78 is 53.6. The Labute approximate surface area is 165 Å². The van der Waals surface area contributed by atoms with Crippen LogP contribution in [-0.4, -0.2) is 36.7 Å². The van der Waals surface area contributed by atoms with Crippen LogP contribution in [0.1, 0.15) is 10.4 Å². The number of carbonyl (C=O) groups excluding carboxylic acids is 2. The van der Waals surface area contributed by atoms with Crippen molar-refractivity contribution in [3.63, 3.8) is 0 Å². The van der Waals surface area contributed by atoms with Gasteiger partial charge in [-0.3, -0.25) is 9.59 Å². The van der Waals surface area contributed by atoms with Crippen molar-refractivity contribution in [1.29, 1.82) is 0 Å². The van der Waals surface area contributed by atoms with E-state index < -0.39 is 29.7 Å². The first-order chi connectivity index (χ1) is 12.5. The molecule has 10 heteroatoms. The predicted molar refractivity (Wildman–Crippen MR) is 97.8 cm³/mol. The van der Waals surface area contributed by atoms with Gasteiger partial charge in [-0.15, -0.1) is 13.2 Å². The molecule has 5 nitrogen and oxygen atoms in total. The number of hydrogen-bond donors (Lipinski definition) is 1. The molecular formula is C17H13F4IN2O3. The molecule has 0 unspecified atom stereocenters. The summed E-state index contributed by atoms with van der Waals surface area (Å²) in [5.41, 5.74) is 0.493. The van der Waals surface area contributed by atoms with Crippen molar-refractivity contribution in [3.8, 4) is 5.75 Å². The van der Waals surface area contributed by atoms with Crippen molar-refractivity contribution in [2.24, 2.45) is 0 Å². The van der Waals surface area contributed by atoms with E-state index >= 15 is 0 Å². The summed E-state index contributed by atoms with van der Waals surface area (Å²) >= 11 is 1.82. The predicted octanol–water partition coefficient (Wildman–Crippen LogP) is 4.04. The first-order valence-electron chi connectivity index (χ1n) is 7.41. The van der Waals surface area contributed by atoms with Gasteiger partial charge in [-0.05, 0) is 65.1 Å². The minimum absolute atomic E-state index is 0.242. The second-order valence-corrected chi connectivity index (χ2v) is 6.57. The molecule has 0 spiro atoms. The Morgan fingerprint density at radius 2 is 1.78 bits per heavy atom. The lowest BCUT2D eigenvalue weighted by Crippen LogP contribution is -2.35. The normalized spacial score (nSPS) is 11.0. The number of nitrogens with one attached hydrogen (secondary N) is 1. The molecule has 0 saturated heterocycles. The van der Waals surface area contributed by atoms with Gasteiger partial charge in [0.15, 0.2) is 0 Å². The molecule has 0 atom stereocenters. The van der Waals surface area contributed by atoms with Crippen molar-refractivity contribution in [2.45, 2.75) is 6.36 Å². The van der Waals surface area contributed by atoms with Crippen molar-refractivity contribution in [3.05, 3.63) is 57.4 Å². The summed E-state index contributed by atoms with van der Waals surface area (Å²) in [4.78, 5) is 25.5. The van der Waals surface area contributed by atoms with E-state index in [0.717, 1.165) is 23.1 Å². The van der Waals surface area contributed by atoms with Gasteiger partial charge in [0.2, 0.25) is 5.91 Å². The molecule has 0 aliphatic rings. The second-order valence-electron chi connectivity index (χ2n) is 5.41. The van der Waals surface area contributed by atoms with E-state index in [0.29, 0.717) is 3.57 Å². The number of halogens is 5. The van der Waals surface area contributed by atoms with Crippen molar-refractivity contribution in [2.75, 3.05) is 18.9 Å². The zero-order chi connectivity index (χ0) is 20.2. The Balaban J connectivity index is 1.95. The summed E-state index contributed by atoms with van der Waals surface area (Å²) in [5.74, 6) is -1.91. The molecule has 0 saturated carbocycles. The average molecular weight is 496 g/mol. The van der Waals surface area contributed by atoms with E-state index in [1.54, 1.807) is 0 Å². The minimum atomic E-state index is -4.80. The van der Waals surface area contributed by atoms with E-state index in [-0.39, 0.29) is 17.8 Å². The number of hydrogen-bond acceptors (Lipinski definition) is 3. The molecular weight excluding hydrogens is 483 g/mol. The minimum Gasteiger partial charge on any atom is -0.406 e. The number of nitrogens with zero attached hydrogens (tertiary/aromatic N) is 1. The molecule has 0 radical (unpaired) electrons. The summed E-state index contributed by atoms with van der Waals surface area (Å²) in [5, 5.41) is 2.46. The molecule has 0 bridgehead atoms. The maximum absolute atomic E-state index is 13.1. The van der Waals surface area contributed by atoms with Crippen LogP contribution in [0.5, 0.6) is 5.75 Å². The van der Waals surface area contributed by atoms with Gasteiger partial charge in [0.25, 0.3) is 5.91 Å². The van der Waals surface area contributed by atoms with Crippen LogP contribution in [0.4, 0.5) is 23.2 Å². The van der Waals surface area contributed by atoms with Crippen LogP contribution in [0.3, 0.4) is 0 Å². The number of amides is 2. The lowest BCUT2D eigenvalue weighted by molar-refractivity contribution is -0.274. The third-order valence-corrected chi connectivity index (χ3v) is 4.15. The third-order valence-electron chi connectivity index (χ3n) is 3.26. The number of alkyl halides is 3. The van der Waals surface area contributed by atoms with Gasteiger partial charge in [-0.2, -0.15) is 0 Å². The summed E-state index contributed by atoms with van der Waals surface area (Å²) in [6.45, 7) is -0.299. The highest BCUT2D eigenvalue weighted by Gasteiger charge is 2.31. The molecule has 0 aliphatic carbocycles. The number of carbonyl (C=O) groups is 2. The molecule has 2 aromatic carbocycles. The maximum atomic E-state index is 13.1. The van der Waals surface area contributed by atoms with E-state index in [1.807, 2.05) is 22.6 Å². The molecule has 2 amide bonds. The third kappa shape index (κ3) is 6.38. The van der Waals surface area contributed by atoms with E-state index in [1.165, 1.54) is 31.3 Å². The van der Waals surface area contributed by atoms with E-state index in [4.69, 9.17) is 0 Å². The van der Waals surface area contributed by atoms with Crippen LogP contribution in [0.25, 0.3) is 0 Å². The SMILES string of the molecule is CN(CC(=O)Nc1ccc(OC(F)(F)F)cc1)C(=O)c1ccc(F)cc1I. The quantitative estimate of drug-likeness (QED) is 0.503. The zero-order valence-electron chi connectivity index (χ0n) is 13.8. The van der Waals surface area contributed by atoms with Crippen LogP contribution in [-0.2, 0) is 4.79 Å². The molecule has 144 valence electrons. The van der Waals surface area contributed by atoms with Crippen LogP contribution in [0.15, 0.2) is 42.5 Å². The Hall–Kier alpha value is -2.37. The lowest BCUT2D eigenvalue weighted by Gasteiger charge is -2.18. The van der Waals surface area contributed by atoms with Crippen LogP contribution >= 0.6 is 22.6 Å². The van der Waals surface area contributed by atoms with Gasteiger partial charge in [0, 0.05) is 16.3 Å². The Bertz CT molecular complexity index is 841. The fourth-order valence-electron chi connectivity index (χ4n) is 2.10. The Kier molecular flexibility index (Phi) is 6.63. The highest BCUT2D eigenvalue weighted by Crippen LogP contribution is 2.24. The number of rotatable bonds is 5. The van der Waals surface area contributed by atoms with Gasteiger partial charge >= 0.3 is 6.36 Å². The number of ether oxygens (including phenoxy) is 1. The van der Waals surface area contributed by atoms with Gasteiger partial charge in [0.05, 0.1) is 12.1 Å². The molecule has 0 fully saturated rings. The molecule has 0 aliphatic heterocycles. The molecule has 27 heavy (non-hydrogen) atoms. The van der Waals surface area contributed by atoms with Crippen LogP contribution in [0, 0.1) is 9.39 Å². The second kappa shape index (κ2) is 8.55. The fourth-order valence-corrected chi connectivity index (χ4v) is 2.80. The van der Waals surface area contributed by atoms with E-state index in [9.17, 15) is 27.2 Å². The zero-order valence-corrected chi connectivity index (χ0v) is 16.0. The lowest BCUT2D eigenvalue weighted by atomic mass is 10.2. The monoisotopic (exact) mass is 496 g/mol. The van der Waals surface area contributed by atoms with Crippen molar-refractivity contribution in [1.82, 2.24) is 4.90 Å². The van der Waals surface area contributed by atoms with Crippen molar-refractivity contribution >= 4 is 40.1 Å². The standard InChI is InChI=1S/C17H13F4IN2O3/c1-24(16(26)13-7-2-10(18)8-14(13)22)9-15(25)23-11-3-5-12(6-4-11)27-17(19,20)21/h2-8H,9H2,1H3,(H,23,25). The van der Waals surface area contributed by atoms with Gasteiger partial charge in [0.1, 0.15) is 11.6 Å². The molecule has 0 heterocycles. The van der Waals surface area contributed by atoms with E-state index in [2.05, 4.69) is 10.1 Å². The first-order valence-corrected chi connectivity index (χ1v) is 8.49. The Morgan fingerprint density at radius 1 is 1.15 bits per heavy atom. The molecule has 2 rings (SSSR count). The fraction of sp³-hybridized carbons (Fsp3) is 0.176. The largest absolute Gasteiger partial charge is 0.573 e. The highest BCUT2D eigenvalue weighted by molar-refractivity contribution is 14.1. The number of likely N-dealkylation sites (N-methyl/N-ethyl adjacent to an activating group) is 1. The number of anilines is 1. The summed E-state index contributed by atoms with van der Waals surface area (Å²) in [7, 11) is 1.40.